The molecule has 2 heterocycles. The lowest BCUT2D eigenvalue weighted by molar-refractivity contribution is 0.0912. The van der Waals surface area contributed by atoms with E-state index in [1.165, 1.54) is 18.4 Å². The van der Waals surface area contributed by atoms with Gasteiger partial charge in [0.2, 0.25) is 0 Å². The van der Waals surface area contributed by atoms with Gasteiger partial charge in [-0.15, -0.1) is 0 Å². The monoisotopic (exact) mass is 275 g/mol. The second-order valence-corrected chi connectivity index (χ2v) is 5.84. The molecule has 2 aliphatic heterocycles. The average molecular weight is 275 g/mol. The second-order valence-electron chi connectivity index (χ2n) is 5.84. The van der Waals surface area contributed by atoms with Gasteiger partial charge in [-0.05, 0) is 43.9 Å². The summed E-state index contributed by atoms with van der Waals surface area (Å²) < 4.78 is 11.9. The summed E-state index contributed by atoms with van der Waals surface area (Å²) in [6.07, 6.45) is 6.50. The largest absolute Gasteiger partial charge is 0.488 e. The Hall–Kier alpha value is -1.06. The first-order valence-electron chi connectivity index (χ1n) is 7.96. The number of fused-ring (bicyclic) bond motifs is 1. The quantitative estimate of drug-likeness (QED) is 0.866. The van der Waals surface area contributed by atoms with Crippen LogP contribution in [0.4, 0.5) is 0 Å². The molecule has 1 N–H and O–H groups in total. The summed E-state index contributed by atoms with van der Waals surface area (Å²) in [6, 6.07) is 8.84. The lowest BCUT2D eigenvalue weighted by Gasteiger charge is -2.25. The van der Waals surface area contributed by atoms with E-state index in [0.29, 0.717) is 12.1 Å². The molecule has 1 fully saturated rings. The van der Waals surface area contributed by atoms with Crippen LogP contribution >= 0.6 is 0 Å². The molecule has 110 valence electrons. The normalized spacial score (nSPS) is 26.2. The number of rotatable bonds is 6. The van der Waals surface area contributed by atoms with Crippen molar-refractivity contribution in [2.24, 2.45) is 0 Å². The maximum Gasteiger partial charge on any atom is 0.123 e. The van der Waals surface area contributed by atoms with Crippen LogP contribution in [0.15, 0.2) is 24.3 Å². The number of hydrogen-bond donors (Lipinski definition) is 1. The molecule has 1 aromatic carbocycles. The van der Waals surface area contributed by atoms with Crippen molar-refractivity contribution in [3.05, 3.63) is 29.8 Å². The van der Waals surface area contributed by atoms with Crippen molar-refractivity contribution in [2.45, 2.75) is 57.3 Å². The maximum atomic E-state index is 6.13. The van der Waals surface area contributed by atoms with E-state index in [1.807, 2.05) is 0 Å². The third kappa shape index (κ3) is 3.15. The number of nitrogens with one attached hydrogen (secondary N) is 1. The maximum absolute atomic E-state index is 6.13. The fraction of sp³-hybridized carbons (Fsp3) is 0.647. The Morgan fingerprint density at radius 2 is 2.25 bits per heavy atom. The highest BCUT2D eigenvalue weighted by molar-refractivity contribution is 5.37. The zero-order valence-electron chi connectivity index (χ0n) is 12.3. The minimum atomic E-state index is 0.272. The van der Waals surface area contributed by atoms with Crippen LogP contribution < -0.4 is 10.1 Å². The molecule has 0 radical (unpaired) electrons. The van der Waals surface area contributed by atoms with Gasteiger partial charge in [-0.2, -0.15) is 0 Å². The Morgan fingerprint density at radius 3 is 3.00 bits per heavy atom. The summed E-state index contributed by atoms with van der Waals surface area (Å²) in [7, 11) is 0. The van der Waals surface area contributed by atoms with Crippen molar-refractivity contribution in [1.29, 1.82) is 0 Å². The van der Waals surface area contributed by atoms with Gasteiger partial charge in [-0.3, -0.25) is 0 Å². The lowest BCUT2D eigenvalue weighted by atomic mass is 9.98. The summed E-state index contributed by atoms with van der Waals surface area (Å²) in [5.41, 5.74) is 1.34. The van der Waals surface area contributed by atoms with Gasteiger partial charge in [0.15, 0.2) is 0 Å². The predicted octanol–water partition coefficient (Wildman–Crippen LogP) is 2.93. The molecule has 1 aromatic rings. The summed E-state index contributed by atoms with van der Waals surface area (Å²) in [5, 5.41) is 3.60. The van der Waals surface area contributed by atoms with Gasteiger partial charge in [-0.1, -0.05) is 25.1 Å². The van der Waals surface area contributed by atoms with Crippen molar-refractivity contribution in [3.63, 3.8) is 0 Å². The number of likely N-dealkylation sites (N-methyl/N-ethyl adjacent to an activating group) is 1. The average Bonchev–Trinajstić information content (AvgIpc) is 3.12. The molecule has 0 aromatic heterocycles. The van der Waals surface area contributed by atoms with Crippen molar-refractivity contribution >= 4 is 0 Å². The molecule has 0 saturated carbocycles. The van der Waals surface area contributed by atoms with E-state index in [4.69, 9.17) is 9.47 Å². The third-order valence-electron chi connectivity index (χ3n) is 4.41. The van der Waals surface area contributed by atoms with Crippen molar-refractivity contribution < 1.29 is 9.47 Å². The van der Waals surface area contributed by atoms with Crippen LogP contribution in [0.1, 0.15) is 38.2 Å². The van der Waals surface area contributed by atoms with Gasteiger partial charge in [0.05, 0.1) is 6.10 Å². The summed E-state index contributed by atoms with van der Waals surface area (Å²) in [4.78, 5) is 0. The predicted molar refractivity (Wildman–Crippen MR) is 80.2 cm³/mol. The van der Waals surface area contributed by atoms with Crippen molar-refractivity contribution in [3.8, 4) is 5.75 Å². The molecule has 3 heteroatoms. The van der Waals surface area contributed by atoms with Crippen molar-refractivity contribution in [1.82, 2.24) is 5.32 Å². The van der Waals surface area contributed by atoms with Gasteiger partial charge < -0.3 is 14.8 Å². The molecule has 1 saturated heterocycles. The molecular weight excluding hydrogens is 250 g/mol. The number of hydrogen-bond acceptors (Lipinski definition) is 3. The molecule has 3 atom stereocenters. The first-order valence-corrected chi connectivity index (χ1v) is 7.96. The van der Waals surface area contributed by atoms with Crippen LogP contribution in [0.3, 0.4) is 0 Å². The minimum Gasteiger partial charge on any atom is -0.488 e. The zero-order valence-corrected chi connectivity index (χ0v) is 12.3. The topological polar surface area (TPSA) is 30.5 Å². The smallest absolute Gasteiger partial charge is 0.123 e. The molecule has 3 nitrogen and oxygen atoms in total. The lowest BCUT2D eigenvalue weighted by Crippen LogP contribution is -2.42. The highest BCUT2D eigenvalue weighted by Crippen LogP contribution is 2.31. The summed E-state index contributed by atoms with van der Waals surface area (Å²) >= 11 is 0. The van der Waals surface area contributed by atoms with Gasteiger partial charge in [0, 0.05) is 19.1 Å². The van der Waals surface area contributed by atoms with Gasteiger partial charge in [0.1, 0.15) is 11.9 Å². The molecule has 20 heavy (non-hydrogen) atoms. The van der Waals surface area contributed by atoms with E-state index in [1.54, 1.807) is 0 Å². The van der Waals surface area contributed by atoms with Gasteiger partial charge in [0.25, 0.3) is 0 Å². The molecule has 0 aliphatic carbocycles. The Kier molecular flexibility index (Phi) is 4.58. The van der Waals surface area contributed by atoms with Crippen LogP contribution in [-0.2, 0) is 11.2 Å². The van der Waals surface area contributed by atoms with Crippen LogP contribution in [0.2, 0.25) is 0 Å². The molecule has 3 unspecified atom stereocenters. The number of ether oxygens (including phenoxy) is 2. The van der Waals surface area contributed by atoms with Crippen LogP contribution in [-0.4, -0.2) is 31.4 Å². The first-order chi connectivity index (χ1) is 9.86. The van der Waals surface area contributed by atoms with Crippen LogP contribution in [0.5, 0.6) is 5.75 Å². The molecule has 0 amide bonds. The molecular formula is C17H25NO2. The van der Waals surface area contributed by atoms with Crippen LogP contribution in [0, 0.1) is 0 Å². The number of benzene rings is 1. The van der Waals surface area contributed by atoms with E-state index in [2.05, 4.69) is 36.5 Å². The zero-order chi connectivity index (χ0) is 13.8. The summed E-state index contributed by atoms with van der Waals surface area (Å²) in [6.45, 7) is 4.11. The number of para-hydroxylation sites is 1. The van der Waals surface area contributed by atoms with Crippen LogP contribution in [0.25, 0.3) is 0 Å². The second kappa shape index (κ2) is 6.59. The Bertz CT molecular complexity index is 404. The standard InChI is InChI=1S/C17H25NO2/c1-2-18-15(10-9-14-7-5-11-19-14)17-12-13-6-3-4-8-16(13)20-17/h3-4,6,8,14-15,17-18H,2,5,7,9-12H2,1H3. The third-order valence-corrected chi connectivity index (χ3v) is 4.41. The molecule has 2 aliphatic rings. The fourth-order valence-corrected chi connectivity index (χ4v) is 3.35. The van der Waals surface area contributed by atoms with E-state index >= 15 is 0 Å². The first kappa shape index (κ1) is 13.9. The fourth-order valence-electron chi connectivity index (χ4n) is 3.35. The highest BCUT2D eigenvalue weighted by atomic mass is 16.5. The highest BCUT2D eigenvalue weighted by Gasteiger charge is 2.30. The SMILES string of the molecule is CCNC(CCC1CCCO1)C1Cc2ccccc2O1. The Labute approximate surface area is 121 Å². The van der Waals surface area contributed by atoms with E-state index in [9.17, 15) is 0 Å². The van der Waals surface area contributed by atoms with Gasteiger partial charge >= 0.3 is 0 Å². The molecule has 0 spiro atoms. The van der Waals surface area contributed by atoms with E-state index < -0.39 is 0 Å². The Morgan fingerprint density at radius 1 is 1.35 bits per heavy atom. The Balaban J connectivity index is 1.57. The van der Waals surface area contributed by atoms with Crippen molar-refractivity contribution in [2.75, 3.05) is 13.2 Å². The minimum absolute atomic E-state index is 0.272. The summed E-state index contributed by atoms with van der Waals surface area (Å²) in [5.74, 6) is 1.07. The van der Waals surface area contributed by atoms with E-state index in [0.717, 1.165) is 38.2 Å². The molecule has 0 bridgehead atoms. The van der Waals surface area contributed by atoms with Gasteiger partial charge in [-0.25, -0.2) is 0 Å². The molecule has 3 rings (SSSR count). The van der Waals surface area contributed by atoms with E-state index in [-0.39, 0.29) is 6.10 Å².